The molecule has 2 N–H and O–H groups in total. The molecule has 0 amide bonds. The Morgan fingerprint density at radius 2 is 1.33 bits per heavy atom. The van der Waals surface area contributed by atoms with Crippen LogP contribution >= 0.6 is 0 Å². The molecule has 5 nitrogen and oxygen atoms in total. The van der Waals surface area contributed by atoms with Crippen molar-refractivity contribution in [2.75, 3.05) is 0 Å². The van der Waals surface area contributed by atoms with Gasteiger partial charge in [0.15, 0.2) is 0 Å². The summed E-state index contributed by atoms with van der Waals surface area (Å²) in [7, 11) is 0. The Morgan fingerprint density at radius 3 is 1.33 bits per heavy atom. The molecule has 0 aromatic rings. The molecule has 6 heavy (non-hydrogen) atoms. The molecule has 0 aliphatic rings. The Hall–Kier alpha value is 0.679. The maximum absolute atomic E-state index is 8.25. The van der Waals surface area contributed by atoms with E-state index in [0.717, 1.165) is 0 Å². The van der Waals surface area contributed by atoms with Gasteiger partial charge in [0.1, 0.15) is 0 Å². The second kappa shape index (κ2) is 9.19. The molecule has 0 fully saturated rings. The van der Waals surface area contributed by atoms with Crippen LogP contribution in [-0.4, -0.2) is 10.6 Å². The van der Waals surface area contributed by atoms with Crippen molar-refractivity contribution in [2.45, 2.75) is 0 Å². The molecule has 0 saturated carbocycles. The Morgan fingerprint density at radius 1 is 1.33 bits per heavy atom. The molecule has 0 heterocycles. The molecule has 0 radical (unpaired) electrons. The van der Waals surface area contributed by atoms with Crippen molar-refractivity contribution in [3.05, 3.63) is 15.3 Å². The van der Waals surface area contributed by atoms with E-state index in [-0.39, 0.29) is 52.4 Å². The van der Waals surface area contributed by atoms with Gasteiger partial charge in [0.05, 0.1) is 5.09 Å². The summed E-state index contributed by atoms with van der Waals surface area (Å²) >= 11 is 0. The van der Waals surface area contributed by atoms with E-state index in [0.29, 0.717) is 0 Å². The number of hydrogen-bond acceptors (Lipinski definition) is 3. The first-order valence-electron chi connectivity index (χ1n) is 0.548. The van der Waals surface area contributed by atoms with E-state index < -0.39 is 5.09 Å². The smallest absolute Gasteiger partial charge is 0.0689 e. The van der Waals surface area contributed by atoms with Gasteiger partial charge in [-0.2, -0.15) is 0 Å². The Balaban J connectivity index is -0.0000000450. The fourth-order valence-corrected chi connectivity index (χ4v) is 0. The zero-order valence-corrected chi connectivity index (χ0v) is 4.15. The number of nitrogens with zero attached hydrogens (tertiary/aromatic N) is 1. The van der Waals surface area contributed by atoms with Crippen molar-refractivity contribution in [1.29, 1.82) is 0 Å². The van der Waals surface area contributed by atoms with Crippen molar-refractivity contribution >= 4 is 0 Å². The molecular formula is H2NO4Yb-. The van der Waals surface area contributed by atoms with Gasteiger partial charge in [-0.3, -0.25) is 0 Å². The van der Waals surface area contributed by atoms with E-state index in [1.807, 2.05) is 0 Å². The molecule has 0 unspecified atom stereocenters. The largest absolute Gasteiger partial charge is 0.412 e. The van der Waals surface area contributed by atoms with Crippen LogP contribution < -0.4 is 0 Å². The fourth-order valence-electron chi connectivity index (χ4n) is 0. The zero-order valence-electron chi connectivity index (χ0n) is 2.44. The van der Waals surface area contributed by atoms with E-state index in [4.69, 9.17) is 15.3 Å². The first kappa shape index (κ1) is 15.9. The summed E-state index contributed by atoms with van der Waals surface area (Å²) in [6, 6.07) is 0. The Kier molecular flexibility index (Phi) is 24.4. The van der Waals surface area contributed by atoms with Gasteiger partial charge >= 0.3 is 0 Å². The molecule has 0 atom stereocenters. The summed E-state index contributed by atoms with van der Waals surface area (Å²) in [5.41, 5.74) is 0. The van der Waals surface area contributed by atoms with Crippen LogP contribution in [0.3, 0.4) is 0 Å². The number of rotatable bonds is 0. The molecule has 0 aliphatic carbocycles. The van der Waals surface area contributed by atoms with Gasteiger partial charge < -0.3 is 20.8 Å². The zero-order chi connectivity index (χ0) is 3.58. The molecule has 0 aliphatic heterocycles. The van der Waals surface area contributed by atoms with Gasteiger partial charge in [0.2, 0.25) is 0 Å². The SMILES string of the molecule is O.O=[N+]([O-])[O-].[Yb]. The van der Waals surface area contributed by atoms with Crippen molar-refractivity contribution in [3.63, 3.8) is 0 Å². The van der Waals surface area contributed by atoms with E-state index in [1.165, 1.54) is 0 Å². The maximum atomic E-state index is 8.25. The minimum atomic E-state index is -1.75. The van der Waals surface area contributed by atoms with Gasteiger partial charge in [0.25, 0.3) is 0 Å². The average Bonchev–Trinajstić information content (AvgIpc) is 0.811. The van der Waals surface area contributed by atoms with E-state index in [2.05, 4.69) is 0 Å². The molecule has 46 valence electrons. The maximum Gasteiger partial charge on any atom is 0.0689 e. The van der Waals surface area contributed by atoms with Crippen molar-refractivity contribution in [1.82, 2.24) is 0 Å². The van der Waals surface area contributed by atoms with E-state index >= 15 is 0 Å². The topological polar surface area (TPSA) is 97.7 Å². The van der Waals surface area contributed by atoms with Crippen LogP contribution in [0.15, 0.2) is 0 Å². The molecule has 6 heteroatoms. The van der Waals surface area contributed by atoms with E-state index in [9.17, 15) is 0 Å². The summed E-state index contributed by atoms with van der Waals surface area (Å²) in [6.45, 7) is 0. The summed E-state index contributed by atoms with van der Waals surface area (Å²) in [6.07, 6.45) is 0. The fraction of sp³-hybridized carbons (Fsp3) is 0. The normalized spacial score (nSPS) is 4.00. The molecule has 0 aromatic heterocycles. The second-order valence-corrected chi connectivity index (χ2v) is 0.224. The van der Waals surface area contributed by atoms with Crippen LogP contribution in [0.5, 0.6) is 0 Å². The monoisotopic (exact) mass is 254 g/mol. The summed E-state index contributed by atoms with van der Waals surface area (Å²) in [5, 5.41) is 14.8. The number of hydrogen-bond donors (Lipinski definition) is 0. The average molecular weight is 253 g/mol. The van der Waals surface area contributed by atoms with Crippen LogP contribution in [-0.2, 0) is 0 Å². The van der Waals surface area contributed by atoms with Gasteiger partial charge in [-0.15, -0.1) is 0 Å². The third-order valence-corrected chi connectivity index (χ3v) is 0. The minimum absolute atomic E-state index is 0. The Labute approximate surface area is 72.0 Å². The Bertz CT molecular complexity index is 30.5. The van der Waals surface area contributed by atoms with Crippen LogP contribution in [0.4, 0.5) is 0 Å². The molecular weight excluding hydrogens is 251 g/mol. The third kappa shape index (κ3) is 137. The first-order valence-corrected chi connectivity index (χ1v) is 0.548. The second-order valence-electron chi connectivity index (χ2n) is 0.224. The standard InChI is InChI=1S/NO3.H2O.Yb/c2-1(3)4;;/h;1H2;/q-1;;. The summed E-state index contributed by atoms with van der Waals surface area (Å²) < 4.78 is 0. The first-order chi connectivity index (χ1) is 1.73. The van der Waals surface area contributed by atoms with Gasteiger partial charge in [-0.05, 0) is 0 Å². The van der Waals surface area contributed by atoms with Crippen LogP contribution in [0.1, 0.15) is 0 Å². The molecule has 0 spiro atoms. The van der Waals surface area contributed by atoms with Crippen molar-refractivity contribution < 1.29 is 57.5 Å². The van der Waals surface area contributed by atoms with E-state index in [1.54, 1.807) is 0 Å². The molecule has 0 aromatic carbocycles. The van der Waals surface area contributed by atoms with Crippen molar-refractivity contribution in [3.8, 4) is 0 Å². The van der Waals surface area contributed by atoms with Crippen LogP contribution in [0, 0.1) is 62.2 Å². The molecule has 0 bridgehead atoms. The van der Waals surface area contributed by atoms with Gasteiger partial charge in [-0.25, -0.2) is 0 Å². The quantitative estimate of drug-likeness (QED) is 0.406. The van der Waals surface area contributed by atoms with Gasteiger partial charge in [-0.1, -0.05) is 0 Å². The predicted molar refractivity (Wildman–Crippen MR) is 14.0 cm³/mol. The van der Waals surface area contributed by atoms with Crippen LogP contribution in [0.2, 0.25) is 0 Å². The molecule has 0 rings (SSSR count). The minimum Gasteiger partial charge on any atom is -0.412 e. The van der Waals surface area contributed by atoms with Gasteiger partial charge in [0, 0.05) is 46.9 Å². The summed E-state index contributed by atoms with van der Waals surface area (Å²) in [5.74, 6) is 0. The summed E-state index contributed by atoms with van der Waals surface area (Å²) in [4.78, 5) is 8.25. The predicted octanol–water partition coefficient (Wildman–Crippen LogP) is -1.06. The van der Waals surface area contributed by atoms with Crippen molar-refractivity contribution in [2.24, 2.45) is 0 Å². The van der Waals surface area contributed by atoms with Crippen LogP contribution in [0.25, 0.3) is 0 Å². The molecule has 0 saturated heterocycles. The third-order valence-electron chi connectivity index (χ3n) is 0.